The van der Waals surface area contributed by atoms with Crippen molar-refractivity contribution >= 4 is 25.7 Å². The van der Waals surface area contributed by atoms with Crippen LogP contribution in [0.3, 0.4) is 0 Å². The van der Waals surface area contributed by atoms with Crippen LogP contribution >= 0.6 is 7.82 Å². The maximum atomic E-state index is 12.7. The summed E-state index contributed by atoms with van der Waals surface area (Å²) in [6, 6.07) is -1.53. The molecular formula is C54H96NO10P. The molecule has 0 aromatic carbocycles. The summed E-state index contributed by atoms with van der Waals surface area (Å²) in [5.74, 6) is -2.45. The zero-order valence-electron chi connectivity index (χ0n) is 41.8. The van der Waals surface area contributed by atoms with Gasteiger partial charge < -0.3 is 25.2 Å². The molecule has 0 aromatic rings. The molecule has 66 heavy (non-hydrogen) atoms. The third kappa shape index (κ3) is 47.7. The highest BCUT2D eigenvalue weighted by molar-refractivity contribution is 7.47. The number of hydrogen-bond acceptors (Lipinski definition) is 9. The lowest BCUT2D eigenvalue weighted by molar-refractivity contribution is -0.161. The van der Waals surface area contributed by atoms with Gasteiger partial charge >= 0.3 is 25.7 Å². The maximum Gasteiger partial charge on any atom is 0.472 e. The molecular weight excluding hydrogens is 854 g/mol. The van der Waals surface area contributed by atoms with Crippen molar-refractivity contribution in [3.8, 4) is 0 Å². The number of rotatable bonds is 49. The Balaban J connectivity index is 4.33. The Morgan fingerprint density at radius 3 is 1.26 bits per heavy atom. The Labute approximate surface area is 402 Å². The molecule has 0 rings (SSSR count). The van der Waals surface area contributed by atoms with Gasteiger partial charge in [-0.3, -0.25) is 23.4 Å². The summed E-state index contributed by atoms with van der Waals surface area (Å²) in [7, 11) is -4.74. The Morgan fingerprint density at radius 2 is 0.818 bits per heavy atom. The van der Waals surface area contributed by atoms with E-state index in [-0.39, 0.29) is 19.4 Å². The van der Waals surface area contributed by atoms with Crippen molar-refractivity contribution in [1.29, 1.82) is 0 Å². The van der Waals surface area contributed by atoms with E-state index < -0.39 is 51.1 Å². The van der Waals surface area contributed by atoms with Crippen LogP contribution in [0.25, 0.3) is 0 Å². The lowest BCUT2D eigenvalue weighted by Crippen LogP contribution is -2.34. The van der Waals surface area contributed by atoms with Crippen LogP contribution in [-0.4, -0.2) is 59.9 Å². The van der Waals surface area contributed by atoms with Crippen LogP contribution in [-0.2, 0) is 37.5 Å². The molecule has 0 saturated heterocycles. The van der Waals surface area contributed by atoms with E-state index in [2.05, 4.69) is 67.0 Å². The highest BCUT2D eigenvalue weighted by Crippen LogP contribution is 2.43. The van der Waals surface area contributed by atoms with Crippen molar-refractivity contribution in [2.75, 3.05) is 19.8 Å². The number of unbranched alkanes of at least 4 members (excludes halogenated alkanes) is 25. The van der Waals surface area contributed by atoms with E-state index in [1.54, 1.807) is 0 Å². The van der Waals surface area contributed by atoms with E-state index in [9.17, 15) is 23.8 Å². The largest absolute Gasteiger partial charge is 0.480 e. The summed E-state index contributed by atoms with van der Waals surface area (Å²) in [6.45, 7) is 2.77. The van der Waals surface area contributed by atoms with Gasteiger partial charge in [-0.15, -0.1) is 0 Å². The van der Waals surface area contributed by atoms with Crippen molar-refractivity contribution in [1.82, 2.24) is 0 Å². The van der Waals surface area contributed by atoms with Gasteiger partial charge in [-0.2, -0.15) is 0 Å². The molecule has 0 radical (unpaired) electrons. The lowest BCUT2D eigenvalue weighted by atomic mass is 10.0. The molecule has 0 fully saturated rings. The van der Waals surface area contributed by atoms with Crippen molar-refractivity contribution in [3.05, 3.63) is 60.8 Å². The van der Waals surface area contributed by atoms with Crippen LogP contribution in [0.2, 0.25) is 0 Å². The zero-order valence-corrected chi connectivity index (χ0v) is 42.7. The number of carbonyl (C=O) groups is 3. The standard InChI is InChI=1S/C54H96NO10P/c1-3-5-7-9-11-13-15-17-19-21-23-25-27-29-31-33-35-37-39-41-43-45-52(56)62-47-50(48-63-66(60,61)64-49-51(55)54(58)59)65-53(57)46-44-42-40-38-36-34-32-30-28-26-24-22-20-18-16-14-12-10-8-6-4-2/h17,19-20,22,26,28,32,34,38,40,50-51H,3-16,18,21,23-25,27,29-31,33,35-37,39,41-49,55H2,1-2H3,(H,58,59)(H,60,61)/b19-17+,22-20+,28-26+,34-32+,40-38+/t50-,51+/m1/s1. The lowest BCUT2D eigenvalue weighted by Gasteiger charge is -2.20. The van der Waals surface area contributed by atoms with Gasteiger partial charge in [-0.1, -0.05) is 203 Å². The molecule has 12 heteroatoms. The van der Waals surface area contributed by atoms with Gasteiger partial charge in [-0.25, -0.2) is 4.57 Å². The summed E-state index contributed by atoms with van der Waals surface area (Å²) >= 11 is 0. The molecule has 0 spiro atoms. The fraction of sp³-hybridized carbons (Fsp3) is 0.759. The summed E-state index contributed by atoms with van der Waals surface area (Å²) in [4.78, 5) is 46.2. The monoisotopic (exact) mass is 950 g/mol. The Hall–Kier alpha value is -2.82. The van der Waals surface area contributed by atoms with E-state index in [1.807, 2.05) is 12.2 Å². The highest BCUT2D eigenvalue weighted by atomic mass is 31.2. The molecule has 0 aliphatic rings. The van der Waals surface area contributed by atoms with Gasteiger partial charge in [-0.05, 0) is 77.0 Å². The van der Waals surface area contributed by atoms with Gasteiger partial charge in [0.1, 0.15) is 12.6 Å². The normalized spacial score (nSPS) is 14.0. The summed E-state index contributed by atoms with van der Waals surface area (Å²) in [5.41, 5.74) is 5.35. The SMILES string of the molecule is CCCCCCCC/C=C/CCCCCCCCCCCCCC(=O)OC[C@H](COP(=O)(O)OC[C@H](N)C(=O)O)OC(=O)CCC/C=C/C/C=C/C/C=C/C/C=C/CCCCCCCCC. The summed E-state index contributed by atoms with van der Waals surface area (Å²) < 4.78 is 32.8. The Morgan fingerprint density at radius 1 is 0.470 bits per heavy atom. The van der Waals surface area contributed by atoms with Crippen LogP contribution in [0.15, 0.2) is 60.8 Å². The number of phosphoric acid groups is 1. The maximum absolute atomic E-state index is 12.7. The minimum absolute atomic E-state index is 0.0842. The highest BCUT2D eigenvalue weighted by Gasteiger charge is 2.28. The van der Waals surface area contributed by atoms with E-state index >= 15 is 0 Å². The van der Waals surface area contributed by atoms with Crippen LogP contribution in [0.1, 0.15) is 232 Å². The molecule has 4 N–H and O–H groups in total. The number of carbonyl (C=O) groups excluding carboxylic acids is 2. The molecule has 1 unspecified atom stereocenters. The molecule has 3 atom stereocenters. The number of esters is 2. The third-order valence-corrected chi connectivity index (χ3v) is 12.2. The fourth-order valence-corrected chi connectivity index (χ4v) is 7.89. The fourth-order valence-electron chi connectivity index (χ4n) is 7.11. The van der Waals surface area contributed by atoms with Crippen molar-refractivity contribution in [2.24, 2.45) is 5.73 Å². The topological polar surface area (TPSA) is 172 Å². The number of nitrogens with two attached hydrogens (primary N) is 1. The van der Waals surface area contributed by atoms with Crippen LogP contribution < -0.4 is 5.73 Å². The average Bonchev–Trinajstić information content (AvgIpc) is 3.30. The van der Waals surface area contributed by atoms with E-state index in [0.717, 1.165) is 38.5 Å². The minimum Gasteiger partial charge on any atom is -0.480 e. The first-order valence-electron chi connectivity index (χ1n) is 26.3. The second kappa shape index (κ2) is 48.6. The Bertz CT molecular complexity index is 1350. The van der Waals surface area contributed by atoms with E-state index in [1.165, 1.54) is 148 Å². The second-order valence-electron chi connectivity index (χ2n) is 17.7. The molecule has 0 bridgehead atoms. The van der Waals surface area contributed by atoms with Crippen LogP contribution in [0, 0.1) is 0 Å². The van der Waals surface area contributed by atoms with Crippen LogP contribution in [0.4, 0.5) is 0 Å². The number of carboxylic acid groups (broad SMARTS) is 1. The molecule has 0 aromatic heterocycles. The van der Waals surface area contributed by atoms with Gasteiger partial charge in [0.2, 0.25) is 0 Å². The predicted octanol–water partition coefficient (Wildman–Crippen LogP) is 15.1. The Kier molecular flexibility index (Phi) is 46.6. The zero-order chi connectivity index (χ0) is 48.4. The molecule has 0 aliphatic carbocycles. The first kappa shape index (κ1) is 63.2. The summed E-state index contributed by atoms with van der Waals surface area (Å²) in [5, 5.41) is 8.92. The molecule has 0 saturated carbocycles. The number of hydrogen-bond donors (Lipinski definition) is 3. The van der Waals surface area contributed by atoms with Gasteiger partial charge in [0.15, 0.2) is 6.10 Å². The number of phosphoric ester groups is 1. The predicted molar refractivity (Wildman–Crippen MR) is 272 cm³/mol. The van der Waals surface area contributed by atoms with Gasteiger partial charge in [0.25, 0.3) is 0 Å². The summed E-state index contributed by atoms with van der Waals surface area (Å²) in [6.07, 6.45) is 58.7. The number of ether oxygens (including phenoxy) is 2. The average molecular weight is 950 g/mol. The second-order valence-corrected chi connectivity index (χ2v) is 19.1. The smallest absolute Gasteiger partial charge is 0.472 e. The first-order chi connectivity index (χ1) is 32.1. The minimum atomic E-state index is -4.74. The molecule has 382 valence electrons. The molecule has 11 nitrogen and oxygen atoms in total. The first-order valence-corrected chi connectivity index (χ1v) is 27.8. The number of allylic oxidation sites excluding steroid dienone is 10. The molecule has 0 amide bonds. The van der Waals surface area contributed by atoms with E-state index in [0.29, 0.717) is 19.3 Å². The van der Waals surface area contributed by atoms with Crippen molar-refractivity contribution in [2.45, 2.75) is 244 Å². The number of aliphatic carboxylic acids is 1. The van der Waals surface area contributed by atoms with E-state index in [4.69, 9.17) is 24.8 Å². The van der Waals surface area contributed by atoms with Crippen LogP contribution in [0.5, 0.6) is 0 Å². The van der Waals surface area contributed by atoms with Gasteiger partial charge in [0, 0.05) is 12.8 Å². The molecule has 0 aliphatic heterocycles. The van der Waals surface area contributed by atoms with Crippen molar-refractivity contribution < 1.29 is 47.5 Å². The quantitative estimate of drug-likeness (QED) is 0.0229. The van der Waals surface area contributed by atoms with Crippen molar-refractivity contribution in [3.63, 3.8) is 0 Å². The van der Waals surface area contributed by atoms with Gasteiger partial charge in [0.05, 0.1) is 13.2 Å². The number of carboxylic acids is 1. The molecule has 0 heterocycles. The third-order valence-electron chi connectivity index (χ3n) is 11.2.